The summed E-state index contributed by atoms with van der Waals surface area (Å²) in [6, 6.07) is 10.6. The molecule has 0 spiro atoms. The molecule has 0 aliphatic rings. The fraction of sp³-hybridized carbons (Fsp3) is 0.0625. The van der Waals surface area contributed by atoms with E-state index in [9.17, 15) is 9.18 Å². The molecule has 8 heteroatoms. The zero-order chi connectivity index (χ0) is 17.1. The fourth-order valence-corrected chi connectivity index (χ4v) is 2.87. The molecule has 1 aromatic heterocycles. The number of hydrogen-bond donors (Lipinski definition) is 0. The quantitative estimate of drug-likeness (QED) is 0.595. The first-order valence-electron chi connectivity index (χ1n) is 6.74. The van der Waals surface area contributed by atoms with Gasteiger partial charge >= 0.3 is 5.97 Å². The van der Waals surface area contributed by atoms with Crippen LogP contribution in [0.3, 0.4) is 0 Å². The summed E-state index contributed by atoms with van der Waals surface area (Å²) in [6.07, 6.45) is 0. The Kier molecular flexibility index (Phi) is 5.08. The Bertz CT molecular complexity index is 884. The fourth-order valence-electron chi connectivity index (χ4n) is 1.97. The van der Waals surface area contributed by atoms with Crippen molar-refractivity contribution in [3.05, 3.63) is 68.8 Å². The van der Waals surface area contributed by atoms with E-state index in [1.807, 2.05) is 0 Å². The molecule has 2 aromatic carbocycles. The average molecular weight is 383 g/mol. The Morgan fingerprint density at radius 3 is 2.58 bits per heavy atom. The number of benzene rings is 2. The first-order chi connectivity index (χ1) is 11.5. The lowest BCUT2D eigenvalue weighted by molar-refractivity contribution is 0.0479. The molecule has 4 nitrogen and oxygen atoms in total. The number of rotatable bonds is 4. The van der Waals surface area contributed by atoms with Gasteiger partial charge in [0, 0.05) is 5.56 Å². The highest BCUT2D eigenvalue weighted by Gasteiger charge is 2.19. The van der Waals surface area contributed by atoms with Crippen molar-refractivity contribution in [2.45, 2.75) is 6.61 Å². The van der Waals surface area contributed by atoms with E-state index in [-0.39, 0.29) is 17.3 Å². The van der Waals surface area contributed by atoms with Crippen LogP contribution in [0.2, 0.25) is 10.0 Å². The van der Waals surface area contributed by atoms with Crippen LogP contribution in [0, 0.1) is 5.82 Å². The maximum atomic E-state index is 13.0. The third kappa shape index (κ3) is 3.72. The Morgan fingerprint density at radius 2 is 1.88 bits per heavy atom. The topological polar surface area (TPSA) is 52.1 Å². The van der Waals surface area contributed by atoms with Crippen LogP contribution in [0.15, 0.2) is 42.5 Å². The highest BCUT2D eigenvalue weighted by atomic mass is 35.5. The molecule has 0 radical (unpaired) electrons. The molecule has 3 aromatic rings. The second-order valence-corrected chi connectivity index (χ2v) is 6.35. The maximum absolute atomic E-state index is 13.0. The third-order valence-electron chi connectivity index (χ3n) is 3.15. The molecule has 3 rings (SSSR count). The molecule has 0 bridgehead atoms. The molecule has 1 heterocycles. The highest BCUT2D eigenvalue weighted by Crippen LogP contribution is 2.26. The number of carbonyl (C=O) groups excluding carboxylic acids is 1. The molecule has 0 saturated carbocycles. The predicted molar refractivity (Wildman–Crippen MR) is 90.9 cm³/mol. The minimum absolute atomic E-state index is 0.0382. The zero-order valence-electron chi connectivity index (χ0n) is 12.0. The van der Waals surface area contributed by atoms with Gasteiger partial charge in [0.1, 0.15) is 18.1 Å². The number of aromatic nitrogens is 2. The Balaban J connectivity index is 1.75. The van der Waals surface area contributed by atoms with Crippen molar-refractivity contribution in [3.63, 3.8) is 0 Å². The summed E-state index contributed by atoms with van der Waals surface area (Å²) >= 11 is 12.7. The number of halogens is 3. The Hall–Kier alpha value is -2.02. The molecule has 0 aliphatic heterocycles. The van der Waals surface area contributed by atoms with Gasteiger partial charge in [-0.25, -0.2) is 9.18 Å². The molecule has 0 N–H and O–H groups in total. The summed E-state index contributed by atoms with van der Waals surface area (Å²) in [5.41, 5.74) is 1.66. The molecule has 24 heavy (non-hydrogen) atoms. The van der Waals surface area contributed by atoms with Crippen LogP contribution in [0.4, 0.5) is 4.39 Å². The number of carbonyl (C=O) groups is 1. The minimum atomic E-state index is -0.560. The van der Waals surface area contributed by atoms with E-state index in [0.717, 1.165) is 11.5 Å². The molecular formula is C16H9Cl2FN2O2S. The zero-order valence-corrected chi connectivity index (χ0v) is 14.3. The Morgan fingerprint density at radius 1 is 1.12 bits per heavy atom. The van der Waals surface area contributed by atoms with Crippen molar-refractivity contribution in [3.8, 4) is 11.3 Å². The molecule has 0 saturated heterocycles. The van der Waals surface area contributed by atoms with E-state index in [1.54, 1.807) is 18.2 Å². The normalized spacial score (nSPS) is 10.6. The molecule has 0 atom stereocenters. The van der Waals surface area contributed by atoms with Crippen LogP contribution < -0.4 is 0 Å². The molecule has 0 fully saturated rings. The average Bonchev–Trinajstić information content (AvgIpc) is 3.06. The van der Waals surface area contributed by atoms with E-state index in [0.29, 0.717) is 26.9 Å². The van der Waals surface area contributed by atoms with Gasteiger partial charge in [0.2, 0.25) is 0 Å². The van der Waals surface area contributed by atoms with Gasteiger partial charge in [-0.05, 0) is 53.5 Å². The molecule has 0 amide bonds. The largest absolute Gasteiger partial charge is 0.457 e. The van der Waals surface area contributed by atoms with Gasteiger partial charge < -0.3 is 4.74 Å². The van der Waals surface area contributed by atoms with Gasteiger partial charge in [-0.1, -0.05) is 33.8 Å². The second kappa shape index (κ2) is 7.25. The Labute approximate surface area is 151 Å². The predicted octanol–water partition coefficient (Wildman–Crippen LogP) is 5.01. The highest BCUT2D eigenvalue weighted by molar-refractivity contribution is 7.08. The lowest BCUT2D eigenvalue weighted by atomic mass is 10.1. The first kappa shape index (κ1) is 16.8. The van der Waals surface area contributed by atoms with Gasteiger partial charge in [0.15, 0.2) is 4.88 Å². The van der Waals surface area contributed by atoms with E-state index in [1.165, 1.54) is 24.3 Å². The number of esters is 1. The smallest absolute Gasteiger partial charge is 0.352 e. The lowest BCUT2D eigenvalue weighted by Crippen LogP contribution is -2.05. The van der Waals surface area contributed by atoms with E-state index in [4.69, 9.17) is 27.9 Å². The number of ether oxygens (including phenoxy) is 1. The molecule has 0 aliphatic carbocycles. The SMILES string of the molecule is O=C(OCc1ccc(Cl)c(Cl)c1)c1snnc1-c1ccc(F)cc1. The van der Waals surface area contributed by atoms with Crippen molar-refractivity contribution < 1.29 is 13.9 Å². The van der Waals surface area contributed by atoms with Gasteiger partial charge in [-0.15, -0.1) is 5.10 Å². The van der Waals surface area contributed by atoms with Crippen molar-refractivity contribution in [1.29, 1.82) is 0 Å². The summed E-state index contributed by atoms with van der Waals surface area (Å²) in [4.78, 5) is 12.5. The van der Waals surface area contributed by atoms with Crippen LogP contribution >= 0.6 is 34.7 Å². The monoisotopic (exact) mass is 382 g/mol. The maximum Gasteiger partial charge on any atom is 0.352 e. The summed E-state index contributed by atoms with van der Waals surface area (Å²) in [6.45, 7) is 0.0382. The van der Waals surface area contributed by atoms with Crippen molar-refractivity contribution in [2.24, 2.45) is 0 Å². The summed E-state index contributed by atoms with van der Waals surface area (Å²) in [5, 5.41) is 4.74. The van der Waals surface area contributed by atoms with Crippen molar-refractivity contribution in [1.82, 2.24) is 9.59 Å². The second-order valence-electron chi connectivity index (χ2n) is 4.78. The van der Waals surface area contributed by atoms with Crippen LogP contribution in [0.25, 0.3) is 11.3 Å². The van der Waals surface area contributed by atoms with Gasteiger partial charge in [-0.3, -0.25) is 0 Å². The molecular weight excluding hydrogens is 374 g/mol. The summed E-state index contributed by atoms with van der Waals surface area (Å²) in [5.74, 6) is -0.930. The van der Waals surface area contributed by atoms with E-state index < -0.39 is 5.97 Å². The number of nitrogens with zero attached hydrogens (tertiary/aromatic N) is 2. The number of hydrogen-bond acceptors (Lipinski definition) is 5. The molecule has 0 unspecified atom stereocenters. The van der Waals surface area contributed by atoms with Gasteiger partial charge in [0.25, 0.3) is 0 Å². The van der Waals surface area contributed by atoms with Crippen molar-refractivity contribution in [2.75, 3.05) is 0 Å². The van der Waals surface area contributed by atoms with Crippen molar-refractivity contribution >= 4 is 40.7 Å². The van der Waals surface area contributed by atoms with Crippen LogP contribution in [-0.4, -0.2) is 15.6 Å². The standard InChI is InChI=1S/C16H9Cl2FN2O2S/c17-12-6-1-9(7-13(12)18)8-23-16(22)15-14(20-21-24-15)10-2-4-11(19)5-3-10/h1-7H,8H2. The van der Waals surface area contributed by atoms with Crippen LogP contribution in [-0.2, 0) is 11.3 Å². The van der Waals surface area contributed by atoms with E-state index >= 15 is 0 Å². The third-order valence-corrected chi connectivity index (χ3v) is 4.59. The summed E-state index contributed by atoms with van der Waals surface area (Å²) < 4.78 is 22.1. The van der Waals surface area contributed by atoms with E-state index in [2.05, 4.69) is 9.59 Å². The first-order valence-corrected chi connectivity index (χ1v) is 8.27. The van der Waals surface area contributed by atoms with Gasteiger partial charge in [0.05, 0.1) is 10.0 Å². The molecule has 122 valence electrons. The minimum Gasteiger partial charge on any atom is -0.457 e. The van der Waals surface area contributed by atoms with Gasteiger partial charge in [-0.2, -0.15) is 0 Å². The van der Waals surface area contributed by atoms with Crippen LogP contribution in [0.5, 0.6) is 0 Å². The summed E-state index contributed by atoms with van der Waals surface area (Å²) in [7, 11) is 0. The van der Waals surface area contributed by atoms with Crippen LogP contribution in [0.1, 0.15) is 15.2 Å². The lowest BCUT2D eigenvalue weighted by Gasteiger charge is -2.06.